The van der Waals surface area contributed by atoms with Crippen molar-refractivity contribution in [1.82, 2.24) is 9.21 Å². The van der Waals surface area contributed by atoms with Crippen molar-refractivity contribution in [1.29, 1.82) is 0 Å². The number of carbonyl (C=O) groups excluding carboxylic acids is 1. The first-order valence-electron chi connectivity index (χ1n) is 11.5. The van der Waals surface area contributed by atoms with Gasteiger partial charge in [-0.05, 0) is 43.0 Å². The van der Waals surface area contributed by atoms with Gasteiger partial charge in [-0.25, -0.2) is 8.42 Å². The molecule has 0 aromatic heterocycles. The normalized spacial score (nSPS) is 23.5. The van der Waals surface area contributed by atoms with E-state index in [2.05, 4.69) is 0 Å². The molecule has 0 bridgehead atoms. The number of amides is 1. The van der Waals surface area contributed by atoms with Gasteiger partial charge in [-0.15, -0.1) is 0 Å². The Bertz CT molecular complexity index is 1100. The van der Waals surface area contributed by atoms with E-state index in [0.29, 0.717) is 6.54 Å². The van der Waals surface area contributed by atoms with Crippen LogP contribution in [-0.4, -0.2) is 67.5 Å². The van der Waals surface area contributed by atoms with E-state index < -0.39 is 22.2 Å². The van der Waals surface area contributed by atoms with Crippen LogP contribution in [-0.2, 0) is 14.8 Å². The zero-order chi connectivity index (χ0) is 23.8. The highest BCUT2D eigenvalue weighted by Crippen LogP contribution is 2.37. The summed E-state index contributed by atoms with van der Waals surface area (Å²) in [5, 5.41) is 9.77. The first-order valence-corrected chi connectivity index (χ1v) is 12.9. The summed E-state index contributed by atoms with van der Waals surface area (Å²) in [5.74, 6) is 0.286. The summed E-state index contributed by atoms with van der Waals surface area (Å²) in [4.78, 5) is 14.4. The predicted molar refractivity (Wildman–Crippen MR) is 126 cm³/mol. The number of carbonyl (C=O) groups is 1. The molecule has 0 unspecified atom stereocenters. The van der Waals surface area contributed by atoms with Crippen molar-refractivity contribution in [3.8, 4) is 16.9 Å². The summed E-state index contributed by atoms with van der Waals surface area (Å²) in [5.41, 5.74) is 1.80. The topological polar surface area (TPSA) is 87.2 Å². The van der Waals surface area contributed by atoms with Gasteiger partial charge in [0, 0.05) is 31.5 Å². The van der Waals surface area contributed by atoms with Crippen molar-refractivity contribution in [3.05, 3.63) is 48.5 Å². The van der Waals surface area contributed by atoms with Gasteiger partial charge in [0.25, 0.3) is 0 Å². The van der Waals surface area contributed by atoms with E-state index >= 15 is 0 Å². The van der Waals surface area contributed by atoms with Gasteiger partial charge in [0.15, 0.2) is 0 Å². The summed E-state index contributed by atoms with van der Waals surface area (Å²) in [6.45, 7) is 3.91. The Kier molecular flexibility index (Phi) is 6.79. The third kappa shape index (κ3) is 4.93. The van der Waals surface area contributed by atoms with Crippen LogP contribution in [0.25, 0.3) is 11.1 Å². The van der Waals surface area contributed by atoms with E-state index in [4.69, 9.17) is 4.74 Å². The van der Waals surface area contributed by atoms with Crippen LogP contribution in [0.3, 0.4) is 0 Å². The highest BCUT2D eigenvalue weighted by Gasteiger charge is 2.39. The Hall–Kier alpha value is -2.42. The fraction of sp³-hybridized carbons (Fsp3) is 0.480. The number of rotatable bonds is 6. The van der Waals surface area contributed by atoms with Crippen LogP contribution in [0.2, 0.25) is 0 Å². The summed E-state index contributed by atoms with van der Waals surface area (Å²) in [7, 11) is -2.11. The molecule has 1 heterocycles. The molecular formula is C25H32N2O5S. The molecule has 2 aromatic carbocycles. The largest absolute Gasteiger partial charge is 0.487 e. The monoisotopic (exact) mass is 472 g/mol. The average Bonchev–Trinajstić information content (AvgIpc) is 3.66. The van der Waals surface area contributed by atoms with Gasteiger partial charge in [0.05, 0.1) is 13.2 Å². The predicted octanol–water partition coefficient (Wildman–Crippen LogP) is 2.99. The quantitative estimate of drug-likeness (QED) is 0.699. The first kappa shape index (κ1) is 23.7. The van der Waals surface area contributed by atoms with E-state index in [1.807, 2.05) is 37.3 Å². The molecule has 0 saturated heterocycles. The molecule has 8 heteroatoms. The van der Waals surface area contributed by atoms with Crippen LogP contribution < -0.4 is 4.74 Å². The van der Waals surface area contributed by atoms with Crippen molar-refractivity contribution in [2.24, 2.45) is 11.8 Å². The fourth-order valence-corrected chi connectivity index (χ4v) is 6.08. The second-order valence-electron chi connectivity index (χ2n) is 9.26. The molecule has 0 spiro atoms. The lowest BCUT2D eigenvalue weighted by Crippen LogP contribution is -2.50. The van der Waals surface area contributed by atoms with E-state index in [1.54, 1.807) is 37.1 Å². The molecule has 2 aromatic rings. The molecule has 178 valence electrons. The number of benzene rings is 2. The Morgan fingerprint density at radius 1 is 1.18 bits per heavy atom. The summed E-state index contributed by atoms with van der Waals surface area (Å²) in [6, 6.07) is 14.2. The molecule has 7 nitrogen and oxygen atoms in total. The van der Waals surface area contributed by atoms with Crippen LogP contribution in [0.5, 0.6) is 5.75 Å². The van der Waals surface area contributed by atoms with E-state index in [1.165, 1.54) is 4.31 Å². The van der Waals surface area contributed by atoms with Crippen molar-refractivity contribution in [3.63, 3.8) is 0 Å². The summed E-state index contributed by atoms with van der Waals surface area (Å²) < 4.78 is 34.9. The molecule has 33 heavy (non-hydrogen) atoms. The zero-order valence-corrected chi connectivity index (χ0v) is 20.2. The van der Waals surface area contributed by atoms with Crippen molar-refractivity contribution >= 4 is 15.9 Å². The second-order valence-corrected chi connectivity index (χ2v) is 11.1. The van der Waals surface area contributed by atoms with Crippen LogP contribution in [0.4, 0.5) is 0 Å². The second kappa shape index (κ2) is 9.44. The van der Waals surface area contributed by atoms with Crippen molar-refractivity contribution in [2.75, 3.05) is 26.7 Å². The van der Waals surface area contributed by atoms with Gasteiger partial charge in [-0.1, -0.05) is 43.3 Å². The summed E-state index contributed by atoms with van der Waals surface area (Å²) >= 11 is 0. The Morgan fingerprint density at radius 3 is 2.52 bits per heavy atom. The molecule has 3 atom stereocenters. The molecule has 1 fully saturated rings. The molecule has 1 saturated carbocycles. The third-order valence-electron chi connectivity index (χ3n) is 6.53. The number of aliphatic hydroxyl groups is 1. The summed E-state index contributed by atoms with van der Waals surface area (Å²) in [6.07, 6.45) is 1.45. The van der Waals surface area contributed by atoms with Crippen LogP contribution in [0, 0.1) is 11.8 Å². The highest BCUT2D eigenvalue weighted by atomic mass is 32.2. The molecule has 1 N–H and O–H groups in total. The van der Waals surface area contributed by atoms with Crippen LogP contribution in [0.15, 0.2) is 53.4 Å². The third-order valence-corrected chi connectivity index (χ3v) is 8.55. The lowest BCUT2D eigenvalue weighted by atomic mass is 10.0. The molecule has 0 radical (unpaired) electrons. The van der Waals surface area contributed by atoms with Crippen LogP contribution in [0.1, 0.15) is 26.7 Å². The van der Waals surface area contributed by atoms with E-state index in [0.717, 1.165) is 24.0 Å². The van der Waals surface area contributed by atoms with Gasteiger partial charge in [-0.3, -0.25) is 4.79 Å². The Labute approximate surface area is 196 Å². The molecular weight excluding hydrogens is 440 g/mol. The van der Waals surface area contributed by atoms with E-state index in [9.17, 15) is 18.3 Å². The minimum absolute atomic E-state index is 0.0792. The van der Waals surface area contributed by atoms with Crippen LogP contribution >= 0.6 is 0 Å². The SMILES string of the molecule is C[C@H]1CN([C@@H](C)CO)S(=O)(=O)c2ccc(-c3ccccc3)cc2O[C@H]1CN(C)C(=O)C1CC1. The van der Waals surface area contributed by atoms with Gasteiger partial charge in [0.1, 0.15) is 16.7 Å². The smallest absolute Gasteiger partial charge is 0.247 e. The van der Waals surface area contributed by atoms with Crippen molar-refractivity contribution < 1.29 is 23.1 Å². The maximum absolute atomic E-state index is 13.6. The number of sulfonamides is 1. The lowest BCUT2D eigenvalue weighted by Gasteiger charge is -2.37. The highest BCUT2D eigenvalue weighted by molar-refractivity contribution is 7.89. The van der Waals surface area contributed by atoms with E-state index in [-0.39, 0.29) is 41.5 Å². The molecule has 1 aliphatic carbocycles. The van der Waals surface area contributed by atoms with Gasteiger partial charge >= 0.3 is 0 Å². The molecule has 2 aliphatic rings. The first-order chi connectivity index (χ1) is 15.7. The fourth-order valence-electron chi connectivity index (χ4n) is 4.26. The number of ether oxygens (including phenoxy) is 1. The maximum atomic E-state index is 13.6. The maximum Gasteiger partial charge on any atom is 0.247 e. The minimum Gasteiger partial charge on any atom is -0.487 e. The minimum atomic E-state index is -3.89. The number of hydrogen-bond donors (Lipinski definition) is 1. The molecule has 1 amide bonds. The number of nitrogens with zero attached hydrogens (tertiary/aromatic N) is 2. The molecule has 1 aliphatic heterocycles. The van der Waals surface area contributed by atoms with Crippen molar-refractivity contribution in [2.45, 2.75) is 43.7 Å². The standard InChI is InChI=1S/C25H32N2O5S/c1-17-14-27(18(2)16-28)33(30,31)24-12-11-21(19-7-5-4-6-8-19)13-22(24)32-23(17)15-26(3)25(29)20-9-10-20/h4-8,11-13,17-18,20,23,28H,9-10,14-16H2,1-3H3/t17-,18-,23-/m0/s1. The zero-order valence-electron chi connectivity index (χ0n) is 19.3. The number of likely N-dealkylation sites (N-methyl/N-ethyl adjacent to an activating group) is 1. The molecule has 4 rings (SSSR count). The lowest BCUT2D eigenvalue weighted by molar-refractivity contribution is -0.132. The number of aliphatic hydroxyl groups excluding tert-OH is 1. The number of fused-ring (bicyclic) bond motifs is 1. The Morgan fingerprint density at radius 2 is 1.88 bits per heavy atom. The Balaban J connectivity index is 1.76. The van der Waals surface area contributed by atoms with Gasteiger partial charge < -0.3 is 14.7 Å². The van der Waals surface area contributed by atoms with Gasteiger partial charge in [-0.2, -0.15) is 4.31 Å². The number of hydrogen-bond acceptors (Lipinski definition) is 5. The van der Waals surface area contributed by atoms with Gasteiger partial charge in [0.2, 0.25) is 15.9 Å². The average molecular weight is 473 g/mol.